The molecule has 1 saturated carbocycles. The van der Waals surface area contributed by atoms with Gasteiger partial charge in [0.15, 0.2) is 11.5 Å². The Morgan fingerprint density at radius 2 is 2.00 bits per heavy atom. The normalized spacial score (nSPS) is 18.6. The van der Waals surface area contributed by atoms with Crippen molar-refractivity contribution in [2.45, 2.75) is 51.7 Å². The predicted molar refractivity (Wildman–Crippen MR) is 144 cm³/mol. The standard InChI is InChI=1S/C29H30N2O3S/c1-16-14-29(2,3)31-20-8-7-19-26(25(16)20)23(34-22-10-9-21(32)28(33-4)27(19)22)13-24-17(11-12-35-24)15-30-18-5-6-18/h7-14,18,30-32H,5-6,15H2,1-4H3/b23-13-. The van der Waals surface area contributed by atoms with Crippen LogP contribution in [0.2, 0.25) is 0 Å². The summed E-state index contributed by atoms with van der Waals surface area (Å²) in [4.78, 5) is 1.19. The first-order valence-corrected chi connectivity index (χ1v) is 13.0. The third-order valence-electron chi connectivity index (χ3n) is 6.87. The number of phenols is 1. The van der Waals surface area contributed by atoms with Crippen LogP contribution in [0, 0.1) is 0 Å². The Morgan fingerprint density at radius 1 is 1.17 bits per heavy atom. The third-order valence-corrected chi connectivity index (χ3v) is 7.78. The van der Waals surface area contributed by atoms with Crippen LogP contribution in [0.5, 0.6) is 17.2 Å². The summed E-state index contributed by atoms with van der Waals surface area (Å²) in [5, 5.41) is 20.0. The van der Waals surface area contributed by atoms with Crippen LogP contribution in [-0.2, 0) is 6.54 Å². The Morgan fingerprint density at radius 3 is 2.77 bits per heavy atom. The van der Waals surface area contributed by atoms with Crippen LogP contribution in [0.3, 0.4) is 0 Å². The number of allylic oxidation sites excluding steroid dienone is 1. The molecule has 0 atom stereocenters. The first-order chi connectivity index (χ1) is 16.8. The summed E-state index contributed by atoms with van der Waals surface area (Å²) in [6, 6.07) is 10.5. The van der Waals surface area contributed by atoms with Crippen molar-refractivity contribution in [3.63, 3.8) is 0 Å². The zero-order chi connectivity index (χ0) is 24.3. The molecule has 1 aromatic heterocycles. The number of nitrogens with one attached hydrogen (secondary N) is 2. The highest BCUT2D eigenvalue weighted by Gasteiger charge is 2.33. The van der Waals surface area contributed by atoms with Crippen molar-refractivity contribution in [2.24, 2.45) is 0 Å². The number of rotatable bonds is 5. The molecule has 0 radical (unpaired) electrons. The second kappa shape index (κ2) is 8.18. The number of phenolic OH excluding ortho intramolecular Hbond substituents is 1. The molecule has 6 heteroatoms. The van der Waals surface area contributed by atoms with Crippen molar-refractivity contribution in [1.82, 2.24) is 5.32 Å². The van der Waals surface area contributed by atoms with Gasteiger partial charge in [0.1, 0.15) is 11.5 Å². The van der Waals surface area contributed by atoms with Gasteiger partial charge in [0.2, 0.25) is 0 Å². The van der Waals surface area contributed by atoms with E-state index in [0.29, 0.717) is 17.5 Å². The number of thiophene rings is 1. The molecule has 0 bridgehead atoms. The quantitative estimate of drug-likeness (QED) is 0.367. The van der Waals surface area contributed by atoms with Gasteiger partial charge in [-0.25, -0.2) is 0 Å². The molecule has 3 heterocycles. The number of anilines is 1. The highest BCUT2D eigenvalue weighted by Crippen LogP contribution is 2.54. The maximum atomic E-state index is 10.5. The summed E-state index contributed by atoms with van der Waals surface area (Å²) in [6.45, 7) is 7.37. The van der Waals surface area contributed by atoms with E-state index in [1.807, 2.05) is 6.07 Å². The molecule has 3 aliphatic rings. The summed E-state index contributed by atoms with van der Waals surface area (Å²) in [7, 11) is 1.58. The van der Waals surface area contributed by atoms with Crippen LogP contribution in [0.1, 0.15) is 55.2 Å². The fourth-order valence-corrected chi connectivity index (χ4v) is 6.08. The second-order valence-electron chi connectivity index (χ2n) is 10.2. The molecule has 1 aliphatic carbocycles. The molecule has 180 valence electrons. The largest absolute Gasteiger partial charge is 0.504 e. The highest BCUT2D eigenvalue weighted by molar-refractivity contribution is 7.11. The maximum absolute atomic E-state index is 10.5. The first-order valence-electron chi connectivity index (χ1n) is 12.1. The minimum absolute atomic E-state index is 0.101. The van der Waals surface area contributed by atoms with Gasteiger partial charge in [-0.3, -0.25) is 0 Å². The molecular weight excluding hydrogens is 456 g/mol. The van der Waals surface area contributed by atoms with Crippen LogP contribution < -0.4 is 20.1 Å². The van der Waals surface area contributed by atoms with Crippen LogP contribution in [-0.4, -0.2) is 23.8 Å². The average Bonchev–Trinajstić information content (AvgIpc) is 3.54. The van der Waals surface area contributed by atoms with Crippen LogP contribution in [0.4, 0.5) is 5.69 Å². The molecular formula is C29H30N2O3S. The van der Waals surface area contributed by atoms with E-state index in [1.54, 1.807) is 24.5 Å². The lowest BCUT2D eigenvalue weighted by molar-refractivity contribution is 0.371. The van der Waals surface area contributed by atoms with Gasteiger partial charge in [-0.2, -0.15) is 0 Å². The van der Waals surface area contributed by atoms with Crippen molar-refractivity contribution in [3.05, 3.63) is 63.4 Å². The van der Waals surface area contributed by atoms with Crippen molar-refractivity contribution in [1.29, 1.82) is 0 Å². The number of hydrogen-bond donors (Lipinski definition) is 3. The predicted octanol–water partition coefficient (Wildman–Crippen LogP) is 6.88. The second-order valence-corrected chi connectivity index (χ2v) is 11.1. The van der Waals surface area contributed by atoms with Crippen molar-refractivity contribution in [3.8, 4) is 28.4 Å². The first kappa shape index (κ1) is 22.3. The van der Waals surface area contributed by atoms with Crippen molar-refractivity contribution >= 4 is 34.4 Å². The topological polar surface area (TPSA) is 62.8 Å². The van der Waals surface area contributed by atoms with Gasteiger partial charge >= 0.3 is 0 Å². The summed E-state index contributed by atoms with van der Waals surface area (Å²) < 4.78 is 12.2. The summed E-state index contributed by atoms with van der Waals surface area (Å²) in [5.41, 5.74) is 7.32. The minimum Gasteiger partial charge on any atom is -0.504 e. The monoisotopic (exact) mass is 486 g/mol. The van der Waals surface area contributed by atoms with Gasteiger partial charge in [0.25, 0.3) is 0 Å². The van der Waals surface area contributed by atoms with Crippen LogP contribution in [0.15, 0.2) is 41.8 Å². The van der Waals surface area contributed by atoms with Gasteiger partial charge < -0.3 is 25.2 Å². The number of aromatic hydroxyl groups is 1. The Kier molecular flexibility index (Phi) is 5.20. The van der Waals surface area contributed by atoms with Crippen molar-refractivity contribution in [2.75, 3.05) is 12.4 Å². The average molecular weight is 487 g/mol. The number of fused-ring (bicyclic) bond motifs is 5. The van der Waals surface area contributed by atoms with E-state index in [-0.39, 0.29) is 11.3 Å². The smallest absolute Gasteiger partial charge is 0.172 e. The number of hydrogen-bond acceptors (Lipinski definition) is 6. The molecule has 6 rings (SSSR count). The molecule has 2 aromatic carbocycles. The SMILES string of the molecule is COc1c(O)ccc2c1-c1ccc3c(c1/C(=C/c1sccc1CNC1CC1)O2)C(C)=CC(C)(C)N3. The fraction of sp³-hybridized carbons (Fsp3) is 0.310. The lowest BCUT2D eigenvalue weighted by Crippen LogP contribution is -2.32. The van der Waals surface area contributed by atoms with E-state index in [4.69, 9.17) is 9.47 Å². The third kappa shape index (κ3) is 3.91. The number of methoxy groups -OCH3 is 1. The van der Waals surface area contributed by atoms with E-state index in [1.165, 1.54) is 28.9 Å². The van der Waals surface area contributed by atoms with Crippen LogP contribution in [0.25, 0.3) is 28.5 Å². The Balaban J connectivity index is 1.56. The summed E-state index contributed by atoms with van der Waals surface area (Å²) >= 11 is 1.73. The minimum atomic E-state index is -0.145. The fourth-order valence-electron chi connectivity index (χ4n) is 5.23. The molecule has 3 aromatic rings. The van der Waals surface area contributed by atoms with Gasteiger partial charge in [0, 0.05) is 39.8 Å². The molecule has 1 fully saturated rings. The number of benzene rings is 2. The van der Waals surface area contributed by atoms with Crippen molar-refractivity contribution < 1.29 is 14.6 Å². The molecule has 0 spiro atoms. The van der Waals surface area contributed by atoms with Gasteiger partial charge in [0.05, 0.1) is 18.2 Å². The molecule has 35 heavy (non-hydrogen) atoms. The van der Waals surface area contributed by atoms with E-state index < -0.39 is 0 Å². The summed E-state index contributed by atoms with van der Waals surface area (Å²) in [5.74, 6) is 2.02. The Bertz CT molecular complexity index is 1400. The van der Waals surface area contributed by atoms with E-state index in [0.717, 1.165) is 40.2 Å². The van der Waals surface area contributed by atoms with Gasteiger partial charge in [-0.1, -0.05) is 12.1 Å². The molecule has 0 unspecified atom stereocenters. The number of ether oxygens (including phenoxy) is 2. The zero-order valence-electron chi connectivity index (χ0n) is 20.5. The van der Waals surface area contributed by atoms with E-state index in [9.17, 15) is 5.11 Å². The Hall–Kier alpha value is -3.22. The molecule has 3 N–H and O–H groups in total. The lowest BCUT2D eigenvalue weighted by atomic mass is 9.83. The Labute approximate surface area is 210 Å². The molecule has 2 aliphatic heterocycles. The van der Waals surface area contributed by atoms with Gasteiger partial charge in [-0.05, 0) is 80.5 Å². The lowest BCUT2D eigenvalue weighted by Gasteiger charge is -2.35. The highest BCUT2D eigenvalue weighted by atomic mass is 32.1. The molecule has 0 amide bonds. The molecule has 0 saturated heterocycles. The van der Waals surface area contributed by atoms with Crippen LogP contribution >= 0.6 is 11.3 Å². The van der Waals surface area contributed by atoms with E-state index >= 15 is 0 Å². The van der Waals surface area contributed by atoms with Gasteiger partial charge in [-0.15, -0.1) is 11.3 Å². The van der Waals surface area contributed by atoms with E-state index in [2.05, 4.69) is 67.1 Å². The maximum Gasteiger partial charge on any atom is 0.172 e. The zero-order valence-corrected chi connectivity index (χ0v) is 21.3. The molecule has 5 nitrogen and oxygen atoms in total. The summed E-state index contributed by atoms with van der Waals surface area (Å²) in [6.07, 6.45) is 6.97.